The topological polar surface area (TPSA) is 56.8 Å². The monoisotopic (exact) mass is 463 g/mol. The second-order valence-corrected chi connectivity index (χ2v) is 8.61. The van der Waals surface area contributed by atoms with Crippen molar-refractivity contribution in [3.8, 4) is 17.2 Å². The summed E-state index contributed by atoms with van der Waals surface area (Å²) in [6.45, 7) is 5.33. The van der Waals surface area contributed by atoms with E-state index in [9.17, 15) is 4.79 Å². The van der Waals surface area contributed by atoms with Crippen molar-refractivity contribution in [2.45, 2.75) is 20.3 Å². The molecule has 0 spiro atoms. The lowest BCUT2D eigenvalue weighted by Crippen LogP contribution is -2.17. The number of nitrogens with one attached hydrogen (secondary N) is 1. The molecule has 0 aliphatic carbocycles. The molecule has 8 heteroatoms. The van der Waals surface area contributed by atoms with E-state index in [1.54, 1.807) is 18.2 Å². The Labute approximate surface area is 190 Å². The highest BCUT2D eigenvalue weighted by Gasteiger charge is 2.22. The zero-order valence-electron chi connectivity index (χ0n) is 16.7. The molecule has 0 aromatic heterocycles. The molecule has 5 nitrogen and oxygen atoms in total. The Morgan fingerprint density at radius 2 is 1.97 bits per heavy atom. The van der Waals surface area contributed by atoms with Gasteiger partial charge in [0.25, 0.3) is 5.91 Å². The summed E-state index contributed by atoms with van der Waals surface area (Å²) in [6.07, 6.45) is 2.42. The fourth-order valence-electron chi connectivity index (χ4n) is 2.78. The molecular formula is C22H22ClNO4S2. The van der Waals surface area contributed by atoms with Crippen LogP contribution in [0.5, 0.6) is 17.2 Å². The predicted molar refractivity (Wildman–Crippen MR) is 126 cm³/mol. The fourth-order valence-corrected chi connectivity index (χ4v) is 4.09. The van der Waals surface area contributed by atoms with E-state index in [0.717, 1.165) is 16.9 Å². The van der Waals surface area contributed by atoms with Crippen molar-refractivity contribution in [3.63, 3.8) is 0 Å². The zero-order valence-corrected chi connectivity index (χ0v) is 19.1. The quantitative estimate of drug-likeness (QED) is 0.306. The van der Waals surface area contributed by atoms with Gasteiger partial charge in [-0.2, -0.15) is 0 Å². The average Bonchev–Trinajstić information content (AvgIpc) is 3.00. The molecule has 3 rings (SSSR count). The zero-order chi connectivity index (χ0) is 21.5. The second-order valence-electron chi connectivity index (χ2n) is 6.48. The number of hydrogen-bond donors (Lipinski definition) is 1. The van der Waals surface area contributed by atoms with Crippen LogP contribution in [0.3, 0.4) is 0 Å². The number of halogens is 1. The standard InChI is InChI=1S/C22H22ClNO4S2/c1-3-26-18-12-15(13-19-21(25)24-22(29)30-19)11-17(23)20(18)28-9-5-8-27-16-7-4-6-14(2)10-16/h4,6-7,10-13H,3,5,8-9H2,1-2H3,(H,24,25,29)/b19-13+. The van der Waals surface area contributed by atoms with Crippen LogP contribution in [-0.2, 0) is 4.79 Å². The van der Waals surface area contributed by atoms with Gasteiger partial charge < -0.3 is 19.5 Å². The summed E-state index contributed by atoms with van der Waals surface area (Å²) < 4.78 is 17.8. The van der Waals surface area contributed by atoms with E-state index in [1.165, 1.54) is 11.8 Å². The highest BCUT2D eigenvalue weighted by atomic mass is 35.5. The van der Waals surface area contributed by atoms with Crippen LogP contribution in [0.15, 0.2) is 41.3 Å². The van der Waals surface area contributed by atoms with Crippen molar-refractivity contribution in [2.75, 3.05) is 19.8 Å². The number of carbonyl (C=O) groups excluding carboxylic acids is 1. The minimum atomic E-state index is -0.215. The Morgan fingerprint density at radius 3 is 2.67 bits per heavy atom. The number of ether oxygens (including phenoxy) is 3. The molecule has 2 aromatic rings. The van der Waals surface area contributed by atoms with Crippen LogP contribution < -0.4 is 19.5 Å². The van der Waals surface area contributed by atoms with Gasteiger partial charge in [-0.05, 0) is 55.3 Å². The van der Waals surface area contributed by atoms with Gasteiger partial charge in [-0.3, -0.25) is 4.79 Å². The number of thioether (sulfide) groups is 1. The first-order chi connectivity index (χ1) is 14.5. The van der Waals surface area contributed by atoms with Crippen molar-refractivity contribution >= 4 is 51.9 Å². The van der Waals surface area contributed by atoms with Gasteiger partial charge in [0.2, 0.25) is 0 Å². The number of carbonyl (C=O) groups is 1. The van der Waals surface area contributed by atoms with Gasteiger partial charge >= 0.3 is 0 Å². The lowest BCUT2D eigenvalue weighted by molar-refractivity contribution is -0.115. The molecule has 0 unspecified atom stereocenters. The molecule has 158 valence electrons. The summed E-state index contributed by atoms with van der Waals surface area (Å²) in [4.78, 5) is 12.4. The minimum absolute atomic E-state index is 0.215. The van der Waals surface area contributed by atoms with E-state index in [4.69, 9.17) is 38.0 Å². The van der Waals surface area contributed by atoms with Crippen molar-refractivity contribution in [3.05, 3.63) is 57.5 Å². The maximum absolute atomic E-state index is 11.9. The molecule has 2 aromatic carbocycles. The number of amides is 1. The number of thiocarbonyl (C=S) groups is 1. The van der Waals surface area contributed by atoms with E-state index in [-0.39, 0.29) is 5.91 Å². The van der Waals surface area contributed by atoms with Gasteiger partial charge in [-0.15, -0.1) is 0 Å². The number of benzene rings is 2. The molecule has 1 amide bonds. The molecule has 0 atom stereocenters. The maximum atomic E-state index is 11.9. The summed E-state index contributed by atoms with van der Waals surface area (Å²) in [7, 11) is 0. The Kier molecular flexibility index (Phi) is 8.01. The second kappa shape index (κ2) is 10.7. The lowest BCUT2D eigenvalue weighted by atomic mass is 10.2. The molecular weight excluding hydrogens is 442 g/mol. The predicted octanol–water partition coefficient (Wildman–Crippen LogP) is 5.38. The van der Waals surface area contributed by atoms with Crippen molar-refractivity contribution in [1.29, 1.82) is 0 Å². The lowest BCUT2D eigenvalue weighted by Gasteiger charge is -2.15. The van der Waals surface area contributed by atoms with Crippen LogP contribution in [0.4, 0.5) is 0 Å². The summed E-state index contributed by atoms with van der Waals surface area (Å²) in [5.74, 6) is 1.64. The smallest absolute Gasteiger partial charge is 0.263 e. The third-order valence-electron chi connectivity index (χ3n) is 4.06. The average molecular weight is 464 g/mol. The van der Waals surface area contributed by atoms with Crippen LogP contribution in [0.1, 0.15) is 24.5 Å². The molecule has 30 heavy (non-hydrogen) atoms. The van der Waals surface area contributed by atoms with Crippen LogP contribution in [0, 0.1) is 6.92 Å². The fraction of sp³-hybridized carbons (Fsp3) is 0.273. The molecule has 1 saturated heterocycles. The van der Waals surface area contributed by atoms with E-state index in [0.29, 0.717) is 52.0 Å². The minimum Gasteiger partial charge on any atom is -0.493 e. The van der Waals surface area contributed by atoms with Crippen LogP contribution in [0.25, 0.3) is 6.08 Å². The van der Waals surface area contributed by atoms with Gasteiger partial charge in [0.1, 0.15) is 10.1 Å². The Bertz CT molecular complexity index is 978. The van der Waals surface area contributed by atoms with Crippen molar-refractivity contribution in [1.82, 2.24) is 5.32 Å². The van der Waals surface area contributed by atoms with Gasteiger partial charge in [0, 0.05) is 6.42 Å². The van der Waals surface area contributed by atoms with E-state index in [1.807, 2.05) is 38.1 Å². The summed E-state index contributed by atoms with van der Waals surface area (Å²) in [5.41, 5.74) is 1.89. The summed E-state index contributed by atoms with van der Waals surface area (Å²) in [6, 6.07) is 11.5. The SMILES string of the molecule is CCOc1cc(/C=C2/SC(=S)NC2=O)cc(Cl)c1OCCCOc1cccc(C)c1. The number of aryl methyl sites for hydroxylation is 1. The summed E-state index contributed by atoms with van der Waals surface area (Å²) >= 11 is 12.7. The molecule has 1 heterocycles. The van der Waals surface area contributed by atoms with E-state index < -0.39 is 0 Å². The molecule has 1 aliphatic heterocycles. The molecule has 0 bridgehead atoms. The van der Waals surface area contributed by atoms with Gasteiger partial charge in [-0.1, -0.05) is 47.7 Å². The van der Waals surface area contributed by atoms with Crippen LogP contribution in [-0.4, -0.2) is 30.0 Å². The maximum Gasteiger partial charge on any atom is 0.263 e. The third-order valence-corrected chi connectivity index (χ3v) is 5.51. The van der Waals surface area contributed by atoms with Crippen LogP contribution >= 0.6 is 35.6 Å². The number of hydrogen-bond acceptors (Lipinski definition) is 6. The van der Waals surface area contributed by atoms with Crippen molar-refractivity contribution < 1.29 is 19.0 Å². The normalized spacial score (nSPS) is 14.7. The molecule has 0 radical (unpaired) electrons. The summed E-state index contributed by atoms with van der Waals surface area (Å²) in [5, 5.41) is 3.01. The first kappa shape index (κ1) is 22.5. The van der Waals surface area contributed by atoms with Crippen molar-refractivity contribution in [2.24, 2.45) is 0 Å². The number of rotatable bonds is 9. The van der Waals surface area contributed by atoms with E-state index in [2.05, 4.69) is 5.32 Å². The Balaban J connectivity index is 1.63. The molecule has 0 saturated carbocycles. The molecule has 1 N–H and O–H groups in total. The highest BCUT2D eigenvalue weighted by Crippen LogP contribution is 2.38. The van der Waals surface area contributed by atoms with E-state index >= 15 is 0 Å². The Hall–Kier alpha value is -2.22. The van der Waals surface area contributed by atoms with Gasteiger partial charge in [-0.25, -0.2) is 0 Å². The highest BCUT2D eigenvalue weighted by molar-refractivity contribution is 8.26. The van der Waals surface area contributed by atoms with Gasteiger partial charge in [0.15, 0.2) is 11.5 Å². The molecule has 1 aliphatic rings. The largest absolute Gasteiger partial charge is 0.493 e. The third kappa shape index (κ3) is 6.14. The first-order valence-corrected chi connectivity index (χ1v) is 11.1. The Morgan fingerprint density at radius 1 is 1.17 bits per heavy atom. The first-order valence-electron chi connectivity index (χ1n) is 9.49. The van der Waals surface area contributed by atoms with Gasteiger partial charge in [0.05, 0.1) is 29.7 Å². The van der Waals surface area contributed by atoms with Crippen LogP contribution in [0.2, 0.25) is 5.02 Å². The molecule has 1 fully saturated rings.